The van der Waals surface area contributed by atoms with E-state index >= 15 is 0 Å². The lowest BCUT2D eigenvalue weighted by Gasteiger charge is -2.36. The molecule has 0 unspecified atom stereocenters. The largest absolute Gasteiger partial charge is 0.461 e. The van der Waals surface area contributed by atoms with E-state index in [2.05, 4.69) is 21.9 Å². The summed E-state index contributed by atoms with van der Waals surface area (Å²) in [6.45, 7) is 1.97. The zero-order valence-electron chi connectivity index (χ0n) is 13.6. The van der Waals surface area contributed by atoms with E-state index in [1.54, 1.807) is 35.8 Å². The van der Waals surface area contributed by atoms with Gasteiger partial charge in [-0.3, -0.25) is 4.79 Å². The van der Waals surface area contributed by atoms with Crippen LogP contribution in [-0.4, -0.2) is 30.8 Å². The first kappa shape index (κ1) is 16.1. The predicted octanol–water partition coefficient (Wildman–Crippen LogP) is 3.47. The Morgan fingerprint density at radius 1 is 1.24 bits per heavy atom. The first-order chi connectivity index (χ1) is 12.3. The SMILES string of the molecule is O=C(NCC1(c2cccs2)CCOCC1)c1cc(-c2ccco2)on1. The molecule has 6 nitrogen and oxygen atoms in total. The van der Waals surface area contributed by atoms with E-state index in [1.165, 1.54) is 4.88 Å². The Bertz CT molecular complexity index is 817. The quantitative estimate of drug-likeness (QED) is 0.755. The number of ether oxygens (including phenoxy) is 1. The number of aromatic nitrogens is 1. The molecule has 1 N–H and O–H groups in total. The first-order valence-corrected chi connectivity index (χ1v) is 9.05. The van der Waals surface area contributed by atoms with E-state index in [1.807, 2.05) is 6.07 Å². The van der Waals surface area contributed by atoms with Gasteiger partial charge in [-0.15, -0.1) is 11.3 Å². The molecule has 1 aliphatic rings. The lowest BCUT2D eigenvalue weighted by atomic mass is 9.78. The van der Waals surface area contributed by atoms with Crippen LogP contribution < -0.4 is 5.32 Å². The zero-order chi connectivity index (χ0) is 17.1. The summed E-state index contributed by atoms with van der Waals surface area (Å²) < 4.78 is 16.0. The highest BCUT2D eigenvalue weighted by molar-refractivity contribution is 7.10. The van der Waals surface area contributed by atoms with Gasteiger partial charge in [0.1, 0.15) is 0 Å². The van der Waals surface area contributed by atoms with E-state index in [0.717, 1.165) is 12.8 Å². The second-order valence-corrected chi connectivity index (χ2v) is 7.05. The van der Waals surface area contributed by atoms with Crippen molar-refractivity contribution in [2.75, 3.05) is 19.8 Å². The standard InChI is InChI=1S/C18H18N2O4S/c21-17(13-11-15(24-20-13)14-3-1-7-23-14)19-12-18(5-8-22-9-6-18)16-4-2-10-25-16/h1-4,7,10-11H,5-6,8-9,12H2,(H,19,21). The fraction of sp³-hybridized carbons (Fsp3) is 0.333. The molecule has 0 spiro atoms. The van der Waals surface area contributed by atoms with E-state index in [0.29, 0.717) is 31.3 Å². The minimum absolute atomic E-state index is 0.0738. The topological polar surface area (TPSA) is 77.5 Å². The molecule has 7 heteroatoms. The van der Waals surface area contributed by atoms with Crippen LogP contribution in [0.5, 0.6) is 0 Å². The van der Waals surface area contributed by atoms with Crippen LogP contribution in [0.4, 0.5) is 0 Å². The lowest BCUT2D eigenvalue weighted by molar-refractivity contribution is 0.0498. The van der Waals surface area contributed by atoms with Crippen molar-refractivity contribution in [3.05, 3.63) is 52.5 Å². The smallest absolute Gasteiger partial charge is 0.273 e. The summed E-state index contributed by atoms with van der Waals surface area (Å²) in [5.41, 5.74) is 0.176. The number of carbonyl (C=O) groups excluding carboxylic acids is 1. The van der Waals surface area contributed by atoms with Gasteiger partial charge in [-0.05, 0) is 36.4 Å². The van der Waals surface area contributed by atoms with Crippen molar-refractivity contribution in [3.63, 3.8) is 0 Å². The van der Waals surface area contributed by atoms with E-state index in [4.69, 9.17) is 13.7 Å². The van der Waals surface area contributed by atoms with Gasteiger partial charge in [0.15, 0.2) is 11.5 Å². The Balaban J connectivity index is 1.47. The van der Waals surface area contributed by atoms with E-state index in [9.17, 15) is 4.79 Å². The fourth-order valence-electron chi connectivity index (χ4n) is 3.11. The summed E-state index contributed by atoms with van der Waals surface area (Å²) in [4.78, 5) is 13.8. The summed E-state index contributed by atoms with van der Waals surface area (Å²) in [5, 5.41) is 8.94. The molecule has 4 rings (SSSR count). The molecular weight excluding hydrogens is 340 g/mol. The molecule has 0 saturated carbocycles. The molecule has 130 valence electrons. The van der Waals surface area contributed by atoms with Gasteiger partial charge in [0.05, 0.1) is 6.26 Å². The van der Waals surface area contributed by atoms with Crippen LogP contribution in [0, 0.1) is 0 Å². The second kappa shape index (κ2) is 6.85. The maximum absolute atomic E-state index is 12.5. The number of rotatable bonds is 5. The number of furan rings is 1. The Morgan fingerprint density at radius 2 is 2.12 bits per heavy atom. The highest BCUT2D eigenvalue weighted by atomic mass is 32.1. The molecule has 0 bridgehead atoms. The molecule has 4 heterocycles. The number of nitrogens with zero attached hydrogens (tertiary/aromatic N) is 1. The molecule has 1 amide bonds. The molecule has 25 heavy (non-hydrogen) atoms. The van der Waals surface area contributed by atoms with Crippen molar-refractivity contribution in [2.45, 2.75) is 18.3 Å². The van der Waals surface area contributed by atoms with Crippen LogP contribution in [0.25, 0.3) is 11.5 Å². The second-order valence-electron chi connectivity index (χ2n) is 6.11. The average molecular weight is 358 g/mol. The van der Waals surface area contributed by atoms with Crippen molar-refractivity contribution in [1.29, 1.82) is 0 Å². The highest BCUT2D eigenvalue weighted by Crippen LogP contribution is 2.37. The number of thiophene rings is 1. The van der Waals surface area contributed by atoms with E-state index in [-0.39, 0.29) is 17.0 Å². The van der Waals surface area contributed by atoms with Gasteiger partial charge < -0.3 is 19.0 Å². The highest BCUT2D eigenvalue weighted by Gasteiger charge is 2.36. The Hall–Kier alpha value is -2.38. The predicted molar refractivity (Wildman–Crippen MR) is 92.6 cm³/mol. The number of hydrogen-bond donors (Lipinski definition) is 1. The summed E-state index contributed by atoms with van der Waals surface area (Å²) in [7, 11) is 0. The number of amides is 1. The van der Waals surface area contributed by atoms with Crippen LogP contribution in [0.1, 0.15) is 28.2 Å². The third-order valence-electron chi connectivity index (χ3n) is 4.59. The van der Waals surface area contributed by atoms with Crippen molar-refractivity contribution < 1.29 is 18.5 Å². The van der Waals surface area contributed by atoms with Crippen LogP contribution in [0.3, 0.4) is 0 Å². The third-order valence-corrected chi connectivity index (χ3v) is 5.70. The first-order valence-electron chi connectivity index (χ1n) is 8.17. The van der Waals surface area contributed by atoms with Crippen LogP contribution in [-0.2, 0) is 10.2 Å². The van der Waals surface area contributed by atoms with Gasteiger partial charge in [-0.2, -0.15) is 0 Å². The van der Waals surface area contributed by atoms with Gasteiger partial charge in [0.2, 0.25) is 5.76 Å². The molecule has 3 aromatic rings. The molecule has 0 atom stereocenters. The number of hydrogen-bond acceptors (Lipinski definition) is 6. The summed E-state index contributed by atoms with van der Waals surface area (Å²) >= 11 is 1.72. The molecule has 0 radical (unpaired) electrons. The molecule has 0 aliphatic carbocycles. The maximum atomic E-state index is 12.5. The van der Waals surface area contributed by atoms with Gasteiger partial charge in [-0.1, -0.05) is 11.2 Å². The maximum Gasteiger partial charge on any atom is 0.273 e. The van der Waals surface area contributed by atoms with Crippen molar-refractivity contribution in [3.8, 4) is 11.5 Å². The van der Waals surface area contributed by atoms with Crippen molar-refractivity contribution in [1.82, 2.24) is 10.5 Å². The van der Waals surface area contributed by atoms with Gasteiger partial charge >= 0.3 is 0 Å². The van der Waals surface area contributed by atoms with E-state index < -0.39 is 0 Å². The zero-order valence-corrected chi connectivity index (χ0v) is 14.4. The van der Waals surface area contributed by atoms with Crippen molar-refractivity contribution >= 4 is 17.2 Å². The lowest BCUT2D eigenvalue weighted by Crippen LogP contribution is -2.44. The fourth-order valence-corrected chi connectivity index (χ4v) is 4.10. The molecule has 1 saturated heterocycles. The number of nitrogens with one attached hydrogen (secondary N) is 1. The van der Waals surface area contributed by atoms with Gasteiger partial charge in [0, 0.05) is 36.1 Å². The molecule has 3 aromatic heterocycles. The van der Waals surface area contributed by atoms with Crippen molar-refractivity contribution in [2.24, 2.45) is 0 Å². The minimum Gasteiger partial charge on any atom is -0.461 e. The molecule has 1 aliphatic heterocycles. The van der Waals surface area contributed by atoms with Crippen LogP contribution in [0.2, 0.25) is 0 Å². The molecule has 0 aromatic carbocycles. The van der Waals surface area contributed by atoms with Gasteiger partial charge in [0.25, 0.3) is 5.91 Å². The Kier molecular flexibility index (Phi) is 4.42. The Morgan fingerprint density at radius 3 is 2.84 bits per heavy atom. The molecule has 1 fully saturated rings. The monoisotopic (exact) mass is 358 g/mol. The van der Waals surface area contributed by atoms with Gasteiger partial charge in [-0.25, -0.2) is 0 Å². The average Bonchev–Trinajstić information content (AvgIpc) is 3.42. The number of carbonyl (C=O) groups is 1. The summed E-state index contributed by atoms with van der Waals surface area (Å²) in [6, 6.07) is 9.29. The minimum atomic E-state index is -0.246. The normalized spacial score (nSPS) is 16.6. The summed E-state index contributed by atoms with van der Waals surface area (Å²) in [5.74, 6) is 0.740. The van der Waals surface area contributed by atoms with Crippen LogP contribution >= 0.6 is 11.3 Å². The third kappa shape index (κ3) is 3.25. The Labute approximate surface area is 148 Å². The summed E-state index contributed by atoms with van der Waals surface area (Å²) in [6.07, 6.45) is 3.34. The molecular formula is C18H18N2O4S. The van der Waals surface area contributed by atoms with Crippen LogP contribution in [0.15, 0.2) is 50.9 Å².